The van der Waals surface area contributed by atoms with Gasteiger partial charge in [0.2, 0.25) is 0 Å². The van der Waals surface area contributed by atoms with E-state index < -0.39 is 0 Å². The quantitative estimate of drug-likeness (QED) is 0.857. The van der Waals surface area contributed by atoms with E-state index in [1.54, 1.807) is 0 Å². The van der Waals surface area contributed by atoms with Crippen LogP contribution in [0.1, 0.15) is 21.5 Å². The number of H-pyrrole nitrogens is 1. The molecule has 0 aliphatic carbocycles. The van der Waals surface area contributed by atoms with Crippen molar-refractivity contribution in [1.82, 2.24) is 10.2 Å². The van der Waals surface area contributed by atoms with Crippen LogP contribution in [0, 0.1) is 13.8 Å². The van der Waals surface area contributed by atoms with E-state index in [9.17, 15) is 4.79 Å². The molecule has 0 fully saturated rings. The van der Waals surface area contributed by atoms with Crippen LogP contribution in [0.3, 0.4) is 0 Å². The zero-order valence-corrected chi connectivity index (χ0v) is 10.6. The summed E-state index contributed by atoms with van der Waals surface area (Å²) in [5, 5.41) is 6.90. The Balaban J connectivity index is 2.62. The maximum absolute atomic E-state index is 11.0. The highest BCUT2D eigenvalue weighted by Crippen LogP contribution is 2.26. The number of aldehydes is 1. The average molecular weight is 279 g/mol. The van der Waals surface area contributed by atoms with Crippen LogP contribution in [0.2, 0.25) is 0 Å². The molecule has 16 heavy (non-hydrogen) atoms. The van der Waals surface area contributed by atoms with E-state index in [0.717, 1.165) is 23.0 Å². The van der Waals surface area contributed by atoms with E-state index in [1.165, 1.54) is 0 Å². The third-order valence-electron chi connectivity index (χ3n) is 2.37. The SMILES string of the molecule is Cc1cc(C)cc(-c2n[nH]c(Br)c2C=O)c1. The molecule has 0 saturated carbocycles. The van der Waals surface area contributed by atoms with E-state index in [2.05, 4.69) is 32.2 Å². The summed E-state index contributed by atoms with van der Waals surface area (Å²) in [4.78, 5) is 11.0. The van der Waals surface area contributed by atoms with E-state index in [1.807, 2.05) is 26.0 Å². The normalized spacial score (nSPS) is 10.4. The van der Waals surface area contributed by atoms with Crippen molar-refractivity contribution in [2.45, 2.75) is 13.8 Å². The molecule has 1 N–H and O–H groups in total. The molecule has 1 aromatic carbocycles. The Labute approximate surface area is 102 Å². The molecule has 0 spiro atoms. The summed E-state index contributed by atoms with van der Waals surface area (Å²) in [6, 6.07) is 6.12. The van der Waals surface area contributed by atoms with Gasteiger partial charge in [-0.25, -0.2) is 0 Å². The van der Waals surface area contributed by atoms with E-state index in [-0.39, 0.29) is 0 Å². The summed E-state index contributed by atoms with van der Waals surface area (Å²) in [7, 11) is 0. The number of nitrogens with one attached hydrogen (secondary N) is 1. The van der Waals surface area contributed by atoms with Crippen molar-refractivity contribution in [2.24, 2.45) is 0 Å². The minimum absolute atomic E-state index is 0.560. The molecule has 0 aliphatic rings. The van der Waals surface area contributed by atoms with Crippen molar-refractivity contribution in [2.75, 3.05) is 0 Å². The maximum atomic E-state index is 11.0. The fourth-order valence-corrected chi connectivity index (χ4v) is 2.14. The van der Waals surface area contributed by atoms with E-state index in [4.69, 9.17) is 0 Å². The summed E-state index contributed by atoms with van der Waals surface area (Å²) in [6.07, 6.45) is 0.806. The molecular formula is C12H11BrN2O. The van der Waals surface area contributed by atoms with Gasteiger partial charge in [0.05, 0.1) is 5.56 Å². The zero-order valence-electron chi connectivity index (χ0n) is 9.04. The molecule has 0 aliphatic heterocycles. The lowest BCUT2D eigenvalue weighted by Gasteiger charge is -2.02. The van der Waals surface area contributed by atoms with E-state index >= 15 is 0 Å². The third kappa shape index (κ3) is 1.93. The molecule has 1 heterocycles. The van der Waals surface area contributed by atoms with Gasteiger partial charge in [0, 0.05) is 5.56 Å². The molecule has 0 amide bonds. The first kappa shape index (κ1) is 11.1. The number of hydrogen-bond acceptors (Lipinski definition) is 2. The summed E-state index contributed by atoms with van der Waals surface area (Å²) in [5.41, 5.74) is 4.53. The predicted octanol–water partition coefficient (Wildman–Crippen LogP) is 3.27. The maximum Gasteiger partial charge on any atom is 0.155 e. The predicted molar refractivity (Wildman–Crippen MR) is 66.6 cm³/mol. The Bertz CT molecular complexity index is 526. The Morgan fingerprint density at radius 3 is 2.44 bits per heavy atom. The molecule has 2 aromatic rings. The number of aromatic nitrogens is 2. The fraction of sp³-hybridized carbons (Fsp3) is 0.167. The number of benzene rings is 1. The van der Waals surface area contributed by atoms with Crippen LogP contribution in [0.25, 0.3) is 11.3 Å². The lowest BCUT2D eigenvalue weighted by molar-refractivity contribution is 0.112. The molecule has 0 unspecified atom stereocenters. The molecule has 1 aromatic heterocycles. The van der Waals surface area contributed by atoms with Crippen LogP contribution in [0.4, 0.5) is 0 Å². The van der Waals surface area contributed by atoms with Gasteiger partial charge in [-0.3, -0.25) is 9.89 Å². The summed E-state index contributed by atoms with van der Waals surface area (Å²) >= 11 is 3.26. The first-order valence-electron chi connectivity index (χ1n) is 4.89. The van der Waals surface area contributed by atoms with Crippen molar-refractivity contribution in [3.63, 3.8) is 0 Å². The van der Waals surface area contributed by atoms with Crippen molar-refractivity contribution in [3.05, 3.63) is 39.5 Å². The van der Waals surface area contributed by atoms with Gasteiger partial charge >= 0.3 is 0 Å². The number of carbonyl (C=O) groups is 1. The smallest absolute Gasteiger partial charge is 0.155 e. The molecule has 4 heteroatoms. The molecular weight excluding hydrogens is 268 g/mol. The van der Waals surface area contributed by atoms with Gasteiger partial charge < -0.3 is 0 Å². The number of nitrogens with zero attached hydrogens (tertiary/aromatic N) is 1. The standard InChI is InChI=1S/C12H11BrN2O/c1-7-3-8(2)5-9(4-7)11-10(6-16)12(13)15-14-11/h3-6H,1-2H3,(H,14,15). The molecule has 0 radical (unpaired) electrons. The Morgan fingerprint density at radius 1 is 1.25 bits per heavy atom. The van der Waals surface area contributed by atoms with Crippen molar-refractivity contribution >= 4 is 22.2 Å². The highest BCUT2D eigenvalue weighted by atomic mass is 79.9. The molecule has 3 nitrogen and oxygen atoms in total. The summed E-state index contributed by atoms with van der Waals surface area (Å²) < 4.78 is 0.622. The Hall–Kier alpha value is -1.42. The van der Waals surface area contributed by atoms with Gasteiger partial charge in [-0.15, -0.1) is 0 Å². The highest BCUT2D eigenvalue weighted by Gasteiger charge is 2.12. The largest absolute Gasteiger partial charge is 0.298 e. The highest BCUT2D eigenvalue weighted by molar-refractivity contribution is 9.10. The van der Waals surface area contributed by atoms with Gasteiger partial charge in [-0.1, -0.05) is 17.2 Å². The number of rotatable bonds is 2. The second-order valence-electron chi connectivity index (χ2n) is 3.79. The summed E-state index contributed by atoms with van der Waals surface area (Å²) in [6.45, 7) is 4.05. The monoisotopic (exact) mass is 278 g/mol. The number of aromatic amines is 1. The third-order valence-corrected chi connectivity index (χ3v) is 2.97. The zero-order chi connectivity index (χ0) is 11.7. The van der Waals surface area contributed by atoms with Crippen LogP contribution < -0.4 is 0 Å². The molecule has 0 saturated heterocycles. The van der Waals surface area contributed by atoms with Crippen molar-refractivity contribution < 1.29 is 4.79 Å². The molecule has 2 rings (SSSR count). The van der Waals surface area contributed by atoms with Gasteiger partial charge in [0.15, 0.2) is 6.29 Å². The Kier molecular flexibility index (Phi) is 2.92. The Morgan fingerprint density at radius 2 is 1.88 bits per heavy atom. The van der Waals surface area contributed by atoms with E-state index in [0.29, 0.717) is 15.9 Å². The van der Waals surface area contributed by atoms with Gasteiger partial charge in [-0.2, -0.15) is 5.10 Å². The van der Waals surface area contributed by atoms with Crippen molar-refractivity contribution in [1.29, 1.82) is 0 Å². The van der Waals surface area contributed by atoms with Gasteiger partial charge in [0.1, 0.15) is 10.3 Å². The van der Waals surface area contributed by atoms with Crippen LogP contribution in [0.15, 0.2) is 22.8 Å². The van der Waals surface area contributed by atoms with Crippen LogP contribution in [-0.2, 0) is 0 Å². The van der Waals surface area contributed by atoms with Crippen LogP contribution in [0.5, 0.6) is 0 Å². The first-order chi connectivity index (χ1) is 7.61. The number of hydrogen-bond donors (Lipinski definition) is 1. The minimum atomic E-state index is 0.560. The topological polar surface area (TPSA) is 45.8 Å². The lowest BCUT2D eigenvalue weighted by atomic mass is 10.0. The average Bonchev–Trinajstić information content (AvgIpc) is 2.58. The summed E-state index contributed by atoms with van der Waals surface area (Å²) in [5.74, 6) is 0. The minimum Gasteiger partial charge on any atom is -0.298 e. The second kappa shape index (κ2) is 4.22. The first-order valence-corrected chi connectivity index (χ1v) is 5.69. The second-order valence-corrected chi connectivity index (χ2v) is 4.59. The van der Waals surface area contributed by atoms with Crippen LogP contribution in [-0.4, -0.2) is 16.5 Å². The van der Waals surface area contributed by atoms with Gasteiger partial charge in [-0.05, 0) is 41.9 Å². The van der Waals surface area contributed by atoms with Crippen molar-refractivity contribution in [3.8, 4) is 11.3 Å². The van der Waals surface area contributed by atoms with Crippen LogP contribution >= 0.6 is 15.9 Å². The number of halogens is 1. The van der Waals surface area contributed by atoms with Gasteiger partial charge in [0.25, 0.3) is 0 Å². The number of aryl methyl sites for hydroxylation is 2. The number of carbonyl (C=O) groups excluding carboxylic acids is 1. The molecule has 0 atom stereocenters. The fourth-order valence-electron chi connectivity index (χ4n) is 1.77. The lowest BCUT2D eigenvalue weighted by Crippen LogP contribution is -1.87. The molecule has 82 valence electrons. The molecule has 0 bridgehead atoms.